The summed E-state index contributed by atoms with van der Waals surface area (Å²) in [5.41, 5.74) is 6.91. The molecular weight excluding hydrogens is 226 g/mol. The minimum Gasteiger partial charge on any atom is -0.387 e. The van der Waals surface area contributed by atoms with Crippen LogP contribution in [-0.4, -0.2) is 24.8 Å². The van der Waals surface area contributed by atoms with Crippen LogP contribution in [0.15, 0.2) is 35.3 Å². The number of hydrogen-bond acceptors (Lipinski definition) is 2. The zero-order chi connectivity index (χ0) is 12.8. The van der Waals surface area contributed by atoms with Crippen molar-refractivity contribution in [1.82, 2.24) is 5.32 Å². The van der Waals surface area contributed by atoms with Gasteiger partial charge >= 0.3 is 0 Å². The molecule has 0 unspecified atom stereocenters. The summed E-state index contributed by atoms with van der Waals surface area (Å²) in [6.07, 6.45) is 2.26. The van der Waals surface area contributed by atoms with Crippen LogP contribution in [0.1, 0.15) is 18.4 Å². The minimum atomic E-state index is -0.0649. The number of piperidine rings is 1. The van der Waals surface area contributed by atoms with Crippen molar-refractivity contribution in [2.75, 3.05) is 13.1 Å². The largest absolute Gasteiger partial charge is 0.387 e. The second-order valence-corrected chi connectivity index (χ2v) is 4.63. The van der Waals surface area contributed by atoms with Crippen LogP contribution in [0.4, 0.5) is 0 Å². The average Bonchev–Trinajstić information content (AvgIpc) is 2.40. The summed E-state index contributed by atoms with van der Waals surface area (Å²) < 4.78 is 0. The molecule has 1 aromatic carbocycles. The van der Waals surface area contributed by atoms with Gasteiger partial charge < -0.3 is 11.1 Å². The molecule has 18 heavy (non-hydrogen) atoms. The Balaban J connectivity index is 1.93. The first-order chi connectivity index (χ1) is 8.75. The average molecular weight is 245 g/mol. The molecule has 1 aliphatic heterocycles. The van der Waals surface area contributed by atoms with Gasteiger partial charge in [-0.1, -0.05) is 30.3 Å². The fraction of sp³-hybridized carbons (Fsp3) is 0.429. The van der Waals surface area contributed by atoms with E-state index in [4.69, 9.17) is 5.73 Å². The minimum absolute atomic E-state index is 0.0422. The van der Waals surface area contributed by atoms with Crippen molar-refractivity contribution < 1.29 is 4.79 Å². The number of nitrogens with zero attached hydrogens (tertiary/aromatic N) is 1. The second-order valence-electron chi connectivity index (χ2n) is 4.63. The molecule has 96 valence electrons. The van der Waals surface area contributed by atoms with Crippen LogP contribution >= 0.6 is 0 Å². The zero-order valence-corrected chi connectivity index (χ0v) is 10.4. The van der Waals surface area contributed by atoms with Crippen molar-refractivity contribution in [3.8, 4) is 0 Å². The lowest BCUT2D eigenvalue weighted by Crippen LogP contribution is -2.32. The molecular formula is C14H19N3O. The topological polar surface area (TPSA) is 67.5 Å². The lowest BCUT2D eigenvalue weighted by Gasteiger charge is -2.19. The Kier molecular flexibility index (Phi) is 4.47. The molecule has 0 bridgehead atoms. The molecule has 1 heterocycles. The van der Waals surface area contributed by atoms with Crippen molar-refractivity contribution in [1.29, 1.82) is 0 Å². The number of nitrogens with two attached hydrogens (primary N) is 1. The number of benzene rings is 1. The van der Waals surface area contributed by atoms with Crippen LogP contribution in [0.3, 0.4) is 0 Å². The Labute approximate surface area is 107 Å². The van der Waals surface area contributed by atoms with Gasteiger partial charge in [-0.05, 0) is 31.5 Å². The SMILES string of the molecule is NC(Cc1ccccc1)=NC(=O)C1CCNCC1. The van der Waals surface area contributed by atoms with Crippen LogP contribution in [0.5, 0.6) is 0 Å². The number of carbonyl (C=O) groups is 1. The lowest BCUT2D eigenvalue weighted by atomic mass is 9.97. The third-order valence-electron chi connectivity index (χ3n) is 3.17. The molecule has 0 atom stereocenters. The van der Waals surface area contributed by atoms with Crippen molar-refractivity contribution >= 4 is 11.7 Å². The highest BCUT2D eigenvalue weighted by Crippen LogP contribution is 2.13. The van der Waals surface area contributed by atoms with Crippen LogP contribution in [0.25, 0.3) is 0 Å². The van der Waals surface area contributed by atoms with Gasteiger partial charge in [-0.25, -0.2) is 4.99 Å². The van der Waals surface area contributed by atoms with E-state index in [0.29, 0.717) is 12.3 Å². The molecule has 4 heteroatoms. The number of nitrogens with one attached hydrogen (secondary N) is 1. The first-order valence-electron chi connectivity index (χ1n) is 6.37. The predicted molar refractivity (Wildman–Crippen MR) is 72.4 cm³/mol. The summed E-state index contributed by atoms with van der Waals surface area (Å²) in [5, 5.41) is 3.23. The first kappa shape index (κ1) is 12.8. The number of amides is 1. The molecule has 0 radical (unpaired) electrons. The summed E-state index contributed by atoms with van der Waals surface area (Å²) in [4.78, 5) is 15.9. The zero-order valence-electron chi connectivity index (χ0n) is 10.4. The fourth-order valence-corrected chi connectivity index (χ4v) is 2.15. The molecule has 1 saturated heterocycles. The normalized spacial score (nSPS) is 17.7. The van der Waals surface area contributed by atoms with Crippen LogP contribution in [-0.2, 0) is 11.2 Å². The van der Waals surface area contributed by atoms with E-state index in [0.717, 1.165) is 31.5 Å². The second kappa shape index (κ2) is 6.31. The molecule has 0 aromatic heterocycles. The van der Waals surface area contributed by atoms with Gasteiger partial charge in [0.15, 0.2) is 0 Å². The summed E-state index contributed by atoms with van der Waals surface area (Å²) in [6.45, 7) is 1.79. The number of hydrogen-bond donors (Lipinski definition) is 2. The van der Waals surface area contributed by atoms with Gasteiger partial charge in [0.25, 0.3) is 5.91 Å². The highest BCUT2D eigenvalue weighted by atomic mass is 16.1. The molecule has 0 spiro atoms. The van der Waals surface area contributed by atoms with E-state index in [1.54, 1.807) is 0 Å². The van der Waals surface area contributed by atoms with Gasteiger partial charge in [0, 0.05) is 12.3 Å². The molecule has 1 aliphatic rings. The molecule has 4 nitrogen and oxygen atoms in total. The van der Waals surface area contributed by atoms with E-state index < -0.39 is 0 Å². The van der Waals surface area contributed by atoms with Gasteiger partial charge in [0.05, 0.1) is 0 Å². The first-order valence-corrected chi connectivity index (χ1v) is 6.37. The number of amidine groups is 1. The molecule has 2 rings (SSSR count). The van der Waals surface area contributed by atoms with Gasteiger partial charge in [-0.15, -0.1) is 0 Å². The molecule has 0 aliphatic carbocycles. The third kappa shape index (κ3) is 3.67. The Morgan fingerprint density at radius 3 is 2.61 bits per heavy atom. The molecule has 3 N–H and O–H groups in total. The van der Waals surface area contributed by atoms with E-state index >= 15 is 0 Å². The third-order valence-corrected chi connectivity index (χ3v) is 3.17. The predicted octanol–water partition coefficient (Wildman–Crippen LogP) is 1.11. The Bertz CT molecular complexity index is 422. The van der Waals surface area contributed by atoms with Crippen molar-refractivity contribution in [3.63, 3.8) is 0 Å². The van der Waals surface area contributed by atoms with E-state index in [-0.39, 0.29) is 11.8 Å². The van der Waals surface area contributed by atoms with Gasteiger partial charge in [0.2, 0.25) is 0 Å². The van der Waals surface area contributed by atoms with Gasteiger partial charge in [0.1, 0.15) is 5.84 Å². The van der Waals surface area contributed by atoms with E-state index in [1.807, 2.05) is 30.3 Å². The van der Waals surface area contributed by atoms with Crippen LogP contribution < -0.4 is 11.1 Å². The Morgan fingerprint density at radius 1 is 1.28 bits per heavy atom. The highest BCUT2D eigenvalue weighted by molar-refractivity contribution is 5.95. The fourth-order valence-electron chi connectivity index (χ4n) is 2.15. The highest BCUT2D eigenvalue weighted by Gasteiger charge is 2.20. The molecule has 1 fully saturated rings. The summed E-state index contributed by atoms with van der Waals surface area (Å²) in [5.74, 6) is 0.384. The van der Waals surface area contributed by atoms with Crippen LogP contribution in [0.2, 0.25) is 0 Å². The smallest absolute Gasteiger partial charge is 0.250 e. The van der Waals surface area contributed by atoms with E-state index in [1.165, 1.54) is 0 Å². The lowest BCUT2D eigenvalue weighted by molar-refractivity contribution is -0.122. The number of aliphatic imine (C=N–C) groups is 1. The van der Waals surface area contributed by atoms with E-state index in [9.17, 15) is 4.79 Å². The van der Waals surface area contributed by atoms with Gasteiger partial charge in [-0.3, -0.25) is 4.79 Å². The summed E-state index contributed by atoms with van der Waals surface area (Å²) in [7, 11) is 0. The van der Waals surface area contributed by atoms with Crippen molar-refractivity contribution in [2.24, 2.45) is 16.6 Å². The van der Waals surface area contributed by atoms with Crippen LogP contribution in [0, 0.1) is 5.92 Å². The van der Waals surface area contributed by atoms with Gasteiger partial charge in [-0.2, -0.15) is 0 Å². The molecule has 1 aromatic rings. The quantitative estimate of drug-likeness (QED) is 0.619. The molecule has 0 saturated carbocycles. The molecule has 1 amide bonds. The van der Waals surface area contributed by atoms with Crippen molar-refractivity contribution in [2.45, 2.75) is 19.3 Å². The maximum atomic E-state index is 11.9. The summed E-state index contributed by atoms with van der Waals surface area (Å²) >= 11 is 0. The monoisotopic (exact) mass is 245 g/mol. The van der Waals surface area contributed by atoms with E-state index in [2.05, 4.69) is 10.3 Å². The Morgan fingerprint density at radius 2 is 1.94 bits per heavy atom. The Hall–Kier alpha value is -1.68. The maximum absolute atomic E-state index is 11.9. The van der Waals surface area contributed by atoms with Crippen molar-refractivity contribution in [3.05, 3.63) is 35.9 Å². The number of rotatable bonds is 3. The standard InChI is InChI=1S/C14H19N3O/c15-13(10-11-4-2-1-3-5-11)17-14(18)12-6-8-16-9-7-12/h1-5,12,16H,6-10H2,(H2,15,17,18). The maximum Gasteiger partial charge on any atom is 0.250 e. The summed E-state index contributed by atoms with van der Waals surface area (Å²) in [6, 6.07) is 9.83. The number of carbonyl (C=O) groups excluding carboxylic acids is 1.